The van der Waals surface area contributed by atoms with E-state index in [1.165, 1.54) is 12.1 Å². The first kappa shape index (κ1) is 43.2. The second-order valence-electron chi connectivity index (χ2n) is 11.4. The van der Waals surface area contributed by atoms with Crippen LogP contribution in [0.15, 0.2) is 43.8 Å². The smallest absolute Gasteiger partial charge is 0.406 e. The Bertz CT molecular complexity index is 2290. The predicted octanol–water partition coefficient (Wildman–Crippen LogP) is 12.2. The van der Waals surface area contributed by atoms with Gasteiger partial charge in [-0.1, -0.05) is 60.6 Å². The van der Waals surface area contributed by atoms with E-state index in [2.05, 4.69) is 56.2 Å². The van der Waals surface area contributed by atoms with Crippen molar-refractivity contribution in [2.75, 3.05) is 40.3 Å². The van der Waals surface area contributed by atoms with Crippen molar-refractivity contribution in [2.24, 2.45) is 0 Å². The van der Waals surface area contributed by atoms with E-state index in [0.29, 0.717) is 62.8 Å². The van der Waals surface area contributed by atoms with Gasteiger partial charge in [-0.3, -0.25) is 0 Å². The molecule has 9 nitrogen and oxygen atoms in total. The van der Waals surface area contributed by atoms with Crippen LogP contribution in [0, 0.1) is 0 Å². The van der Waals surface area contributed by atoms with Crippen molar-refractivity contribution >= 4 is 125 Å². The minimum Gasteiger partial charge on any atom is -0.406 e. The number of H-pyrrole nitrogens is 2. The fourth-order valence-electron chi connectivity index (χ4n) is 5.78. The van der Waals surface area contributed by atoms with Gasteiger partial charge in [-0.2, -0.15) is 0 Å². The molecular weight excluding hydrogens is 854 g/mol. The Balaban J connectivity index is 1.79. The zero-order valence-electron chi connectivity index (χ0n) is 31.8. The van der Waals surface area contributed by atoms with Crippen molar-refractivity contribution in [3.63, 3.8) is 0 Å². The van der Waals surface area contributed by atoms with E-state index in [1.54, 1.807) is 94.5 Å². The quantitative estimate of drug-likeness (QED) is 0.104. The molecule has 298 valence electrons. The van der Waals surface area contributed by atoms with Gasteiger partial charge >= 0.3 is 6.36 Å². The number of hydrogen-bond acceptors (Lipinski definition) is 14. The molecule has 2 aliphatic heterocycles. The number of thioether (sulfide) groups is 7. The molecule has 0 saturated carbocycles. The molecule has 0 amide bonds. The second kappa shape index (κ2) is 19.6. The van der Waals surface area contributed by atoms with E-state index >= 15 is 0 Å². The third-order valence-electron chi connectivity index (χ3n) is 7.70. The Hall–Kier alpha value is -2.42. The third-order valence-corrected chi connectivity index (χ3v) is 14.9. The summed E-state index contributed by atoms with van der Waals surface area (Å²) in [6.45, 7) is 14.7. The maximum atomic E-state index is 13.1. The Labute approximate surface area is 354 Å². The monoisotopic (exact) mass is 894 g/mol. The molecule has 56 heavy (non-hydrogen) atoms. The summed E-state index contributed by atoms with van der Waals surface area (Å²) in [5, 5.41) is 0. The molecule has 0 spiro atoms. The fraction of sp³-hybridized carbons (Fsp3) is 0.405. The number of rotatable bonds is 16. The minimum atomic E-state index is -4.81. The zero-order valence-corrected chi connectivity index (χ0v) is 37.6. The van der Waals surface area contributed by atoms with Crippen LogP contribution in [-0.4, -0.2) is 86.5 Å². The summed E-state index contributed by atoms with van der Waals surface area (Å²) in [4.78, 5) is 44.9. The molecule has 3 aromatic heterocycles. The van der Waals surface area contributed by atoms with E-state index < -0.39 is 6.36 Å². The Morgan fingerprint density at radius 1 is 0.464 bits per heavy atom. The summed E-state index contributed by atoms with van der Waals surface area (Å²) in [5.74, 6) is 7.30. The maximum Gasteiger partial charge on any atom is 0.573 e. The van der Waals surface area contributed by atoms with Crippen LogP contribution in [-0.2, 0) is 0 Å². The van der Waals surface area contributed by atoms with Crippen molar-refractivity contribution < 1.29 is 17.9 Å². The lowest BCUT2D eigenvalue weighted by molar-refractivity contribution is -0.274. The SMILES string of the molecule is CCSC1=C(SCC)c2nc1nc1[nH]c(nc3nc(nc4[nH]c(n2)c(SCC)c4SCC)C(c2ccc(OC(F)(F)F)cc2)=C3SCC)c(SCC)c1SCC. The fourth-order valence-corrected chi connectivity index (χ4v) is 12.2. The van der Waals surface area contributed by atoms with Crippen molar-refractivity contribution in [1.82, 2.24) is 39.9 Å². The molecule has 19 heteroatoms. The van der Waals surface area contributed by atoms with E-state index in [0.717, 1.165) is 68.8 Å². The van der Waals surface area contributed by atoms with Crippen molar-refractivity contribution in [3.05, 3.63) is 53.1 Å². The van der Waals surface area contributed by atoms with Gasteiger partial charge in [0.05, 0.1) is 34.3 Å². The van der Waals surface area contributed by atoms with E-state index in [-0.39, 0.29) is 5.75 Å². The summed E-state index contributed by atoms with van der Waals surface area (Å²) in [6, 6.07) is 5.84. The molecular formula is C37H41F3N8OS7. The molecule has 0 radical (unpaired) electrons. The summed E-state index contributed by atoms with van der Waals surface area (Å²) in [5.41, 5.74) is 3.82. The second-order valence-corrected chi connectivity index (χ2v) is 20.3. The number of nitrogens with one attached hydrogen (secondary N) is 2. The molecule has 1 aromatic carbocycles. The number of fused-ring (bicyclic) bond motifs is 8. The van der Waals surface area contributed by atoms with Crippen molar-refractivity contribution in [1.29, 1.82) is 0 Å². The highest BCUT2D eigenvalue weighted by Gasteiger charge is 2.32. The van der Waals surface area contributed by atoms with Gasteiger partial charge in [0.2, 0.25) is 0 Å². The number of alkyl halides is 3. The summed E-state index contributed by atoms with van der Waals surface area (Å²) < 4.78 is 43.7. The van der Waals surface area contributed by atoms with Crippen LogP contribution >= 0.6 is 82.3 Å². The van der Waals surface area contributed by atoms with Gasteiger partial charge < -0.3 is 14.7 Å². The van der Waals surface area contributed by atoms with Crippen LogP contribution in [0.3, 0.4) is 0 Å². The average Bonchev–Trinajstić information content (AvgIpc) is 3.85. The van der Waals surface area contributed by atoms with Gasteiger partial charge in [0, 0.05) is 5.57 Å². The molecule has 0 aliphatic carbocycles. The number of nitrogens with zero attached hydrogens (tertiary/aromatic N) is 6. The zero-order chi connectivity index (χ0) is 40.0. The van der Waals surface area contributed by atoms with Crippen LogP contribution in [0.25, 0.3) is 42.9 Å². The van der Waals surface area contributed by atoms with Gasteiger partial charge in [0.15, 0.2) is 23.3 Å². The lowest BCUT2D eigenvalue weighted by Crippen LogP contribution is -2.17. The average molecular weight is 895 g/mol. The number of aromatic amines is 2. The third kappa shape index (κ3) is 9.54. The lowest BCUT2D eigenvalue weighted by Gasteiger charge is -2.10. The van der Waals surface area contributed by atoms with E-state index in [9.17, 15) is 13.2 Å². The molecule has 0 unspecified atom stereocenters. The van der Waals surface area contributed by atoms with Crippen LogP contribution in [0.1, 0.15) is 77.3 Å². The molecule has 6 rings (SSSR count). The predicted molar refractivity (Wildman–Crippen MR) is 238 cm³/mol. The minimum absolute atomic E-state index is 0.312. The normalized spacial score (nSPS) is 13.3. The van der Waals surface area contributed by atoms with Gasteiger partial charge in [-0.15, -0.1) is 95.5 Å². The Morgan fingerprint density at radius 2 is 0.804 bits per heavy atom. The van der Waals surface area contributed by atoms with Gasteiger partial charge in [0.1, 0.15) is 28.3 Å². The molecule has 0 saturated heterocycles. The molecule has 5 heterocycles. The molecule has 2 aliphatic rings. The first-order valence-corrected chi connectivity index (χ1v) is 25.0. The lowest BCUT2D eigenvalue weighted by atomic mass is 10.1. The largest absolute Gasteiger partial charge is 0.573 e. The number of aromatic nitrogens is 8. The van der Waals surface area contributed by atoms with Crippen LogP contribution < -0.4 is 4.74 Å². The highest BCUT2D eigenvalue weighted by Crippen LogP contribution is 2.46. The summed E-state index contributed by atoms with van der Waals surface area (Å²) in [6.07, 6.45) is -4.81. The van der Waals surface area contributed by atoms with Crippen LogP contribution in [0.2, 0.25) is 0 Å². The first-order valence-electron chi connectivity index (χ1n) is 18.1. The Morgan fingerprint density at radius 3 is 1.18 bits per heavy atom. The molecule has 0 atom stereocenters. The molecule has 0 fully saturated rings. The number of benzene rings is 1. The Kier molecular flexibility index (Phi) is 15.1. The van der Waals surface area contributed by atoms with Crippen LogP contribution in [0.5, 0.6) is 5.75 Å². The first-order chi connectivity index (χ1) is 27.1. The highest BCUT2D eigenvalue weighted by atomic mass is 32.2. The van der Waals surface area contributed by atoms with Crippen LogP contribution in [0.4, 0.5) is 13.2 Å². The number of ether oxygens (including phenoxy) is 1. The molecule has 2 N–H and O–H groups in total. The highest BCUT2D eigenvalue weighted by molar-refractivity contribution is 8.13. The van der Waals surface area contributed by atoms with E-state index in [1.807, 2.05) is 6.92 Å². The topological polar surface area (TPSA) is 118 Å². The summed E-state index contributed by atoms with van der Waals surface area (Å²) >= 11 is 11.7. The maximum absolute atomic E-state index is 13.1. The molecule has 4 aromatic rings. The number of hydrogen-bond donors (Lipinski definition) is 2. The van der Waals surface area contributed by atoms with Gasteiger partial charge in [-0.05, 0) is 58.0 Å². The standard InChI is InChI=1S/C37H41F3N8OS7/c1-8-50-22-21(19-15-17-20(18-16-19)49-37(38,39)40)29-41-30(22)43-32-25(53-11-4)26(54-12-5)34(45-32)47-36-28(56-14-7)27(55-13-6)35(48-36)46-33-24(52-10-3)23(51-9-2)31(42-29)44-33/h15-18H,8-14H2,1-7H3,(H2,41,42,43,44,45,46,47,48). The van der Waals surface area contributed by atoms with Crippen molar-refractivity contribution in [3.8, 4) is 5.75 Å². The van der Waals surface area contributed by atoms with Gasteiger partial charge in [-0.25, -0.2) is 29.9 Å². The van der Waals surface area contributed by atoms with Gasteiger partial charge in [0.25, 0.3) is 0 Å². The summed E-state index contributed by atoms with van der Waals surface area (Å²) in [7, 11) is 0. The number of halogens is 3. The molecule has 8 bridgehead atoms. The van der Waals surface area contributed by atoms with E-state index in [4.69, 9.17) is 29.9 Å². The van der Waals surface area contributed by atoms with Crippen molar-refractivity contribution in [2.45, 2.75) is 74.4 Å².